The molecule has 5 heteroatoms. The predicted octanol–water partition coefficient (Wildman–Crippen LogP) is 4.39. The molecule has 4 rings (SSSR count). The van der Waals surface area contributed by atoms with Gasteiger partial charge in [0.2, 0.25) is 5.91 Å². The van der Waals surface area contributed by atoms with Crippen molar-refractivity contribution in [3.05, 3.63) is 59.2 Å². The number of nitrogens with zero attached hydrogens (tertiary/aromatic N) is 1. The molecule has 1 N–H and O–H groups in total. The molecule has 184 valence electrons. The quantitative estimate of drug-likeness (QED) is 0.598. The lowest BCUT2D eigenvalue weighted by molar-refractivity contribution is -0.136. The number of rotatable bonds is 9. The maximum Gasteiger partial charge on any atom is 0.226 e. The number of benzene rings is 2. The Morgan fingerprint density at radius 1 is 1.12 bits per heavy atom. The van der Waals surface area contributed by atoms with Gasteiger partial charge in [-0.2, -0.15) is 0 Å². The van der Waals surface area contributed by atoms with Crippen LogP contribution in [-0.2, 0) is 20.7 Å². The summed E-state index contributed by atoms with van der Waals surface area (Å²) in [5, 5.41) is 3.34. The Morgan fingerprint density at radius 3 is 2.62 bits per heavy atom. The zero-order valence-corrected chi connectivity index (χ0v) is 21.1. The van der Waals surface area contributed by atoms with Crippen molar-refractivity contribution < 1.29 is 14.3 Å². The molecule has 0 aliphatic carbocycles. The van der Waals surface area contributed by atoms with Crippen molar-refractivity contribution >= 4 is 5.91 Å². The van der Waals surface area contributed by atoms with Crippen LogP contribution >= 0.6 is 0 Å². The Bertz CT molecular complexity index is 947. The van der Waals surface area contributed by atoms with Gasteiger partial charge >= 0.3 is 0 Å². The number of carbonyl (C=O) groups is 1. The first-order valence-electron chi connectivity index (χ1n) is 12.7. The number of amides is 1. The molecule has 1 atom stereocenters. The second-order valence-electron chi connectivity index (χ2n) is 10.3. The van der Waals surface area contributed by atoms with Crippen LogP contribution in [0.3, 0.4) is 0 Å². The highest BCUT2D eigenvalue weighted by atomic mass is 16.5. The van der Waals surface area contributed by atoms with E-state index < -0.39 is 5.41 Å². The summed E-state index contributed by atoms with van der Waals surface area (Å²) < 4.78 is 10.9. The lowest BCUT2D eigenvalue weighted by Gasteiger charge is -2.36. The highest BCUT2D eigenvalue weighted by Crippen LogP contribution is 2.36. The zero-order chi connectivity index (χ0) is 24.0. The predicted molar refractivity (Wildman–Crippen MR) is 137 cm³/mol. The van der Waals surface area contributed by atoms with Crippen molar-refractivity contribution in [2.24, 2.45) is 11.3 Å². The van der Waals surface area contributed by atoms with Crippen molar-refractivity contribution in [3.8, 4) is 11.1 Å². The van der Waals surface area contributed by atoms with Crippen LogP contribution in [0.25, 0.3) is 11.1 Å². The number of hydrogen-bond donors (Lipinski definition) is 1. The maximum atomic E-state index is 13.6. The maximum absolute atomic E-state index is 13.6. The van der Waals surface area contributed by atoms with E-state index in [0.29, 0.717) is 19.1 Å². The SMILES string of the molecule is COCCN1CC[C@H](CNC(=O)C2(Cc3cccc(-c4cc(C)cc(C)c4)c3)CCOCC2)C1. The topological polar surface area (TPSA) is 50.8 Å². The van der Waals surface area contributed by atoms with Gasteiger partial charge < -0.3 is 19.7 Å². The first kappa shape index (κ1) is 24.9. The van der Waals surface area contributed by atoms with E-state index in [1.807, 2.05) is 0 Å². The van der Waals surface area contributed by atoms with E-state index in [2.05, 4.69) is 66.5 Å². The van der Waals surface area contributed by atoms with Crippen LogP contribution < -0.4 is 5.32 Å². The molecule has 0 radical (unpaired) electrons. The van der Waals surface area contributed by atoms with Gasteiger partial charge in [-0.15, -0.1) is 0 Å². The third-order valence-corrected chi connectivity index (χ3v) is 7.49. The zero-order valence-electron chi connectivity index (χ0n) is 21.1. The molecule has 0 saturated carbocycles. The van der Waals surface area contributed by atoms with Gasteiger partial charge in [0.25, 0.3) is 0 Å². The Hall–Kier alpha value is -2.21. The Kier molecular flexibility index (Phi) is 8.41. The van der Waals surface area contributed by atoms with Crippen LogP contribution in [-0.4, -0.2) is 63.9 Å². The largest absolute Gasteiger partial charge is 0.383 e. The van der Waals surface area contributed by atoms with Crippen LogP contribution in [0, 0.1) is 25.2 Å². The van der Waals surface area contributed by atoms with Crippen LogP contribution in [0.15, 0.2) is 42.5 Å². The molecule has 2 heterocycles. The molecule has 2 aliphatic rings. The van der Waals surface area contributed by atoms with Gasteiger partial charge in [0.15, 0.2) is 0 Å². The second kappa shape index (κ2) is 11.5. The third kappa shape index (κ3) is 6.26. The summed E-state index contributed by atoms with van der Waals surface area (Å²) in [6.45, 7) is 10.2. The molecule has 0 unspecified atom stereocenters. The van der Waals surface area contributed by atoms with Crippen LogP contribution in [0.2, 0.25) is 0 Å². The van der Waals surface area contributed by atoms with Crippen molar-refractivity contribution in [2.75, 3.05) is 53.1 Å². The van der Waals surface area contributed by atoms with Crippen LogP contribution in [0.5, 0.6) is 0 Å². The Labute approximate surface area is 204 Å². The second-order valence-corrected chi connectivity index (χ2v) is 10.3. The number of likely N-dealkylation sites (tertiary alicyclic amines) is 1. The third-order valence-electron chi connectivity index (χ3n) is 7.49. The van der Waals surface area contributed by atoms with Gasteiger partial charge in [-0.05, 0) is 68.7 Å². The molecule has 2 aromatic carbocycles. The van der Waals surface area contributed by atoms with Crippen LogP contribution in [0.1, 0.15) is 36.0 Å². The summed E-state index contributed by atoms with van der Waals surface area (Å²) in [6, 6.07) is 15.4. The lowest BCUT2D eigenvalue weighted by Crippen LogP contribution is -2.47. The molecule has 2 aliphatic heterocycles. The number of methoxy groups -OCH3 is 1. The van der Waals surface area contributed by atoms with Crippen molar-refractivity contribution in [3.63, 3.8) is 0 Å². The average Bonchev–Trinajstić information content (AvgIpc) is 3.29. The molecule has 2 fully saturated rings. The molecule has 1 amide bonds. The van der Waals surface area contributed by atoms with Gasteiger partial charge in [0.05, 0.1) is 12.0 Å². The average molecular weight is 465 g/mol. The van der Waals surface area contributed by atoms with Gasteiger partial charge in [-0.3, -0.25) is 4.79 Å². The molecule has 34 heavy (non-hydrogen) atoms. The smallest absolute Gasteiger partial charge is 0.226 e. The van der Waals surface area contributed by atoms with E-state index in [1.54, 1.807) is 7.11 Å². The standard InChI is InChI=1S/C29H40N2O3/c1-22-15-23(2)17-27(16-22)26-6-4-5-24(18-26)19-29(8-12-34-13-9-29)28(32)30-20-25-7-10-31(21-25)11-14-33-3/h4-6,15-18,25H,7-14,19-21H2,1-3H3,(H,30,32)/t25-/m1/s1. The summed E-state index contributed by atoms with van der Waals surface area (Å²) in [7, 11) is 1.75. The van der Waals surface area contributed by atoms with E-state index in [1.165, 1.54) is 27.8 Å². The molecule has 0 aromatic heterocycles. The Morgan fingerprint density at radius 2 is 1.88 bits per heavy atom. The molecule has 2 saturated heterocycles. The molecule has 5 nitrogen and oxygen atoms in total. The molecule has 0 bridgehead atoms. The summed E-state index contributed by atoms with van der Waals surface area (Å²) in [5.74, 6) is 0.716. The highest BCUT2D eigenvalue weighted by Gasteiger charge is 2.40. The molecular formula is C29H40N2O3. The van der Waals surface area contributed by atoms with Gasteiger partial charge in [0, 0.05) is 40.0 Å². The van der Waals surface area contributed by atoms with Crippen molar-refractivity contribution in [2.45, 2.75) is 39.5 Å². The normalized spacial score (nSPS) is 20.4. The van der Waals surface area contributed by atoms with Gasteiger partial charge in [-0.1, -0.05) is 53.6 Å². The van der Waals surface area contributed by atoms with Gasteiger partial charge in [0.1, 0.15) is 0 Å². The number of ether oxygens (including phenoxy) is 2. The number of nitrogens with one attached hydrogen (secondary N) is 1. The van der Waals surface area contributed by atoms with Crippen molar-refractivity contribution in [1.29, 1.82) is 0 Å². The monoisotopic (exact) mass is 464 g/mol. The van der Waals surface area contributed by atoms with Gasteiger partial charge in [-0.25, -0.2) is 0 Å². The molecule has 2 aromatic rings. The first-order valence-corrected chi connectivity index (χ1v) is 12.7. The van der Waals surface area contributed by atoms with E-state index >= 15 is 0 Å². The van der Waals surface area contributed by atoms with Crippen molar-refractivity contribution in [1.82, 2.24) is 10.2 Å². The van der Waals surface area contributed by atoms with Crippen LogP contribution in [0.4, 0.5) is 0 Å². The van der Waals surface area contributed by atoms with E-state index in [-0.39, 0.29) is 5.91 Å². The minimum atomic E-state index is -0.395. The summed E-state index contributed by atoms with van der Waals surface area (Å²) in [4.78, 5) is 16.0. The fraction of sp³-hybridized carbons (Fsp3) is 0.552. The fourth-order valence-corrected chi connectivity index (χ4v) is 5.57. The minimum absolute atomic E-state index is 0.197. The molecule has 0 spiro atoms. The van der Waals surface area contributed by atoms with E-state index in [0.717, 1.165) is 58.5 Å². The highest BCUT2D eigenvalue weighted by molar-refractivity contribution is 5.83. The van der Waals surface area contributed by atoms with E-state index in [9.17, 15) is 4.79 Å². The number of carbonyl (C=O) groups excluding carboxylic acids is 1. The summed E-state index contributed by atoms with van der Waals surface area (Å²) >= 11 is 0. The fourth-order valence-electron chi connectivity index (χ4n) is 5.57. The number of hydrogen-bond acceptors (Lipinski definition) is 4. The summed E-state index contributed by atoms with van der Waals surface area (Å²) in [6.07, 6.45) is 3.44. The lowest BCUT2D eigenvalue weighted by atomic mass is 9.74. The van der Waals surface area contributed by atoms with E-state index in [4.69, 9.17) is 9.47 Å². The summed E-state index contributed by atoms with van der Waals surface area (Å²) in [5.41, 5.74) is 5.83. The number of aryl methyl sites for hydroxylation is 2. The molecular weight excluding hydrogens is 424 g/mol. The minimum Gasteiger partial charge on any atom is -0.383 e. The Balaban J connectivity index is 1.44. The first-order chi connectivity index (χ1) is 16.5.